The van der Waals surface area contributed by atoms with Gasteiger partial charge in [0.15, 0.2) is 44.0 Å². The molecule has 21 aliphatic rings. The van der Waals surface area contributed by atoms with Gasteiger partial charge in [-0.05, 0) is 0 Å². The third-order valence-corrected chi connectivity index (χ3v) is 16.6. The van der Waals surface area contributed by atoms with Gasteiger partial charge in [0.25, 0.3) is 0 Å². The molecule has 17 N–H and O–H groups in total. The number of ether oxygens (including phenoxy) is 15. The zero-order chi connectivity index (χ0) is 53.5. The summed E-state index contributed by atoms with van der Waals surface area (Å²) < 4.78 is 88.3. The molecule has 21 saturated heterocycles. The molecule has 0 unspecified atom stereocenters. The first kappa shape index (κ1) is 57.3. The van der Waals surface area contributed by atoms with E-state index in [4.69, 9.17) is 71.1 Å². The molecule has 33 heteroatoms. The van der Waals surface area contributed by atoms with Crippen molar-refractivity contribution in [2.24, 2.45) is 0 Å². The molecule has 0 spiro atoms. The number of epoxide rings is 1. The summed E-state index contributed by atoms with van der Waals surface area (Å²) >= 11 is 1.30. The zero-order valence-corrected chi connectivity index (χ0v) is 40.1. The van der Waals surface area contributed by atoms with E-state index in [1.165, 1.54) is 11.8 Å². The van der Waals surface area contributed by atoms with E-state index < -0.39 is 259 Å². The van der Waals surface area contributed by atoms with Crippen LogP contribution in [0.3, 0.4) is 0 Å². The minimum Gasteiger partial charge on any atom is -0.394 e. The standard InChI is InChI=1S/C42H66O32S/c43-1-8-25-15(50)20(55)36(60-8)69-26-9(2-44)62-38(22(57)16(26)51)71-28-11(4-46)64-40(24(59)18(28)53)73-30-13(6-48)65-41(33-32(30)67-33)74-31-14(7-49)66-42(35-34(31)75-35)72-29-12(5-47)63-39(23(58)19(29)54)70-27-10(3-45)61-37(68-25)21(56)17(27)52/h8-59H,1-7H2/t8-,9-,10-,11-,12-,13-,14-,15-,16-,17-,18-,19-,20-,21-,22-,23-,24-,25-,26-,27-,28-,29-,30-,31-,32+,33+,34-,35-,36-,37-,38-,39-,40-,41-,42-/m1/s1. The normalized spacial score (nSPS) is 57.3. The number of hydrogen-bond donors (Lipinski definition) is 17. The molecule has 75 heavy (non-hydrogen) atoms. The summed E-state index contributed by atoms with van der Waals surface area (Å²) in [6.07, 6.45) is -55.3. The van der Waals surface area contributed by atoms with Crippen molar-refractivity contribution in [3.8, 4) is 0 Å². The molecule has 0 amide bonds. The monoisotopic (exact) mass is 1110 g/mol. The Labute approximate surface area is 428 Å². The quantitative estimate of drug-likeness (QED) is 0.105. The topological polar surface area (TPSA) is 486 Å². The molecule has 0 aromatic carbocycles. The molecule has 432 valence electrons. The van der Waals surface area contributed by atoms with E-state index >= 15 is 0 Å². The van der Waals surface area contributed by atoms with Gasteiger partial charge in [0, 0.05) is 0 Å². The average Bonchev–Trinajstić information content (AvgIpc) is 4.37. The Bertz CT molecular complexity index is 1860. The summed E-state index contributed by atoms with van der Waals surface area (Å²) in [6, 6.07) is 0. The molecular weight excluding hydrogens is 1050 g/mol. The van der Waals surface area contributed by atoms with Gasteiger partial charge >= 0.3 is 0 Å². The molecule has 21 fully saturated rings. The van der Waals surface area contributed by atoms with Gasteiger partial charge in [-0.15, -0.1) is 11.8 Å². The van der Waals surface area contributed by atoms with Gasteiger partial charge in [-0.3, -0.25) is 0 Å². The molecular formula is C42H66O32S. The number of rotatable bonds is 7. The Kier molecular flexibility index (Phi) is 18.0. The van der Waals surface area contributed by atoms with Gasteiger partial charge in [-0.25, -0.2) is 0 Å². The fourth-order valence-electron chi connectivity index (χ4n) is 10.9. The molecule has 32 nitrogen and oxygen atoms in total. The Hall–Kier alpha value is -0.930. The Balaban J connectivity index is 0.908. The highest BCUT2D eigenvalue weighted by Gasteiger charge is 2.66. The maximum Gasteiger partial charge on any atom is 0.187 e. The first-order valence-corrected chi connectivity index (χ1v) is 25.5. The van der Waals surface area contributed by atoms with Crippen LogP contribution < -0.4 is 0 Å². The van der Waals surface area contributed by atoms with E-state index in [0.29, 0.717) is 0 Å². The van der Waals surface area contributed by atoms with Crippen molar-refractivity contribution in [3.05, 3.63) is 0 Å². The van der Waals surface area contributed by atoms with Crippen LogP contribution in [0.5, 0.6) is 0 Å². The van der Waals surface area contributed by atoms with Gasteiger partial charge in [0.2, 0.25) is 0 Å². The lowest BCUT2D eigenvalue weighted by molar-refractivity contribution is -0.395. The number of fused-ring (bicyclic) bond motifs is 2. The van der Waals surface area contributed by atoms with Gasteiger partial charge < -0.3 is 158 Å². The van der Waals surface area contributed by atoms with Crippen molar-refractivity contribution >= 4 is 11.8 Å². The number of hydrogen-bond acceptors (Lipinski definition) is 33. The highest BCUT2D eigenvalue weighted by Crippen LogP contribution is 2.54. The van der Waals surface area contributed by atoms with E-state index in [-0.39, 0.29) is 0 Å². The smallest absolute Gasteiger partial charge is 0.187 e. The van der Waals surface area contributed by atoms with Crippen LogP contribution in [0, 0.1) is 0 Å². The van der Waals surface area contributed by atoms with Crippen molar-refractivity contribution in [1.29, 1.82) is 0 Å². The van der Waals surface area contributed by atoms with Gasteiger partial charge in [-0.1, -0.05) is 0 Å². The highest BCUT2D eigenvalue weighted by molar-refractivity contribution is 8.07. The van der Waals surface area contributed by atoms with E-state index in [2.05, 4.69) is 0 Å². The number of aliphatic hydroxyl groups excluding tert-OH is 17. The average molecular weight is 1120 g/mol. The minimum absolute atomic E-state index is 0.441. The Morgan fingerprint density at radius 2 is 0.440 bits per heavy atom. The predicted molar refractivity (Wildman–Crippen MR) is 228 cm³/mol. The maximum atomic E-state index is 11.4. The van der Waals surface area contributed by atoms with Crippen LogP contribution in [0.4, 0.5) is 0 Å². The fourth-order valence-corrected chi connectivity index (χ4v) is 12.1. The Morgan fingerprint density at radius 3 is 0.760 bits per heavy atom. The second kappa shape index (κ2) is 23.5. The highest BCUT2D eigenvalue weighted by atomic mass is 32.2. The number of aliphatic hydroxyl groups is 17. The lowest BCUT2D eigenvalue weighted by atomic mass is 9.95. The van der Waals surface area contributed by atoms with E-state index in [1.807, 2.05) is 0 Å². The summed E-state index contributed by atoms with van der Waals surface area (Å²) in [5.74, 6) is 0. The van der Waals surface area contributed by atoms with E-state index in [1.54, 1.807) is 0 Å². The van der Waals surface area contributed by atoms with Crippen LogP contribution in [-0.4, -0.2) is 346 Å². The van der Waals surface area contributed by atoms with Crippen LogP contribution in [0.2, 0.25) is 0 Å². The van der Waals surface area contributed by atoms with E-state index in [9.17, 15) is 86.8 Å². The first-order chi connectivity index (χ1) is 36.0. The SMILES string of the molecule is OC[C@H]1O[C@@H]2O[C@H]3[C@H](O)[C@@H](O)[C@@H](O[C@H]4[C@H](O)[C@@H](O)[C@@H](O[C@H]5[C@@H]6O[C@@H]6[C@@H](O[C@H]6[C@H]7S[C@H]7[C@@H](O[C@H]7[C@H](O)[C@@H](O)[C@@H](O[C@H]8[C@H](O)[C@@H](O)[C@@H](O[C@H]1[C@H](O)[C@H]2O)O[C@@H]8CO)O[C@@H]7CO)O[C@@H]6CO)O[C@@H]5CO)O[C@@H]4CO)O[C@@H]3CO. The van der Waals surface area contributed by atoms with Crippen LogP contribution in [0.25, 0.3) is 0 Å². The lowest BCUT2D eigenvalue weighted by Gasteiger charge is -2.49. The molecule has 0 radical (unpaired) electrons. The maximum absolute atomic E-state index is 11.4. The van der Waals surface area contributed by atoms with Gasteiger partial charge in [0.05, 0.1) is 56.7 Å². The predicted octanol–water partition coefficient (Wildman–Crippen LogP) is -12.4. The van der Waals surface area contributed by atoms with Gasteiger partial charge in [0.1, 0.15) is 159 Å². The minimum atomic E-state index is -2.15. The third kappa shape index (κ3) is 10.8. The van der Waals surface area contributed by atoms with Crippen molar-refractivity contribution in [3.63, 3.8) is 0 Å². The summed E-state index contributed by atoms with van der Waals surface area (Å²) in [4.78, 5) is 0. The van der Waals surface area contributed by atoms with E-state index in [0.717, 1.165) is 0 Å². The summed E-state index contributed by atoms with van der Waals surface area (Å²) in [5, 5.41) is 185. The molecule has 0 aliphatic carbocycles. The van der Waals surface area contributed by atoms with Crippen molar-refractivity contribution in [2.75, 3.05) is 46.2 Å². The van der Waals surface area contributed by atoms with Crippen molar-refractivity contribution in [2.45, 2.75) is 213 Å². The first-order valence-electron chi connectivity index (χ1n) is 24.5. The summed E-state index contributed by atoms with van der Waals surface area (Å²) in [6.45, 7) is -6.04. The van der Waals surface area contributed by atoms with Crippen molar-refractivity contribution in [1.82, 2.24) is 0 Å². The molecule has 35 atom stereocenters. The van der Waals surface area contributed by atoms with Gasteiger partial charge in [-0.2, -0.15) is 0 Å². The second-order valence-corrected chi connectivity index (χ2v) is 21.2. The van der Waals surface area contributed by atoms with Crippen LogP contribution in [0.15, 0.2) is 0 Å². The lowest BCUT2D eigenvalue weighted by Crippen LogP contribution is -2.68. The molecule has 21 heterocycles. The number of thioether (sulfide) groups is 1. The molecule has 0 aromatic heterocycles. The zero-order valence-electron chi connectivity index (χ0n) is 39.3. The fraction of sp³-hybridized carbons (Fsp3) is 1.00. The largest absolute Gasteiger partial charge is 0.394 e. The molecule has 14 bridgehead atoms. The van der Waals surface area contributed by atoms with Crippen LogP contribution >= 0.6 is 11.8 Å². The second-order valence-electron chi connectivity index (χ2n) is 19.8. The Morgan fingerprint density at radius 1 is 0.200 bits per heavy atom. The van der Waals surface area contributed by atoms with Crippen molar-refractivity contribution < 1.29 is 158 Å². The third-order valence-electron chi connectivity index (χ3n) is 15.2. The summed E-state index contributed by atoms with van der Waals surface area (Å²) in [7, 11) is 0. The van der Waals surface area contributed by atoms with Crippen LogP contribution in [-0.2, 0) is 71.1 Å². The van der Waals surface area contributed by atoms with Crippen LogP contribution in [0.1, 0.15) is 0 Å². The molecule has 0 saturated carbocycles. The molecule has 0 aromatic rings. The molecule has 21 rings (SSSR count). The molecule has 21 aliphatic heterocycles. The summed E-state index contributed by atoms with van der Waals surface area (Å²) in [5.41, 5.74) is 0.